The van der Waals surface area contributed by atoms with E-state index in [1.165, 1.54) is 17.4 Å². The van der Waals surface area contributed by atoms with E-state index < -0.39 is 0 Å². The predicted octanol–water partition coefficient (Wildman–Crippen LogP) is 1.13. The highest BCUT2D eigenvalue weighted by Gasteiger charge is 2.15. The molecule has 0 aromatic carbocycles. The van der Waals surface area contributed by atoms with Crippen molar-refractivity contribution in [1.29, 1.82) is 0 Å². The summed E-state index contributed by atoms with van der Waals surface area (Å²) in [6.45, 7) is 1.90. The molecule has 1 aliphatic heterocycles. The van der Waals surface area contributed by atoms with Crippen LogP contribution in [0.1, 0.15) is 12.8 Å². The summed E-state index contributed by atoms with van der Waals surface area (Å²) in [5.41, 5.74) is 6.61. The van der Waals surface area contributed by atoms with Crippen LogP contribution in [0.25, 0.3) is 17.2 Å². The minimum Gasteiger partial charge on any atom is -0.461 e. The Morgan fingerprint density at radius 1 is 1.45 bits per heavy atom. The van der Waals surface area contributed by atoms with Crippen LogP contribution in [0.2, 0.25) is 0 Å². The molecule has 4 heterocycles. The molecule has 4 N–H and O–H groups in total. The highest BCUT2D eigenvalue weighted by atomic mass is 16.3. The Balaban J connectivity index is 1.61. The Morgan fingerprint density at radius 3 is 3.18 bits per heavy atom. The monoisotopic (exact) mass is 299 g/mol. The fourth-order valence-corrected chi connectivity index (χ4v) is 2.67. The molecule has 0 radical (unpaired) electrons. The molecule has 8 heteroatoms. The Labute approximate surface area is 126 Å². The lowest BCUT2D eigenvalue weighted by Gasteiger charge is -2.12. The molecule has 4 rings (SSSR count). The molecule has 22 heavy (non-hydrogen) atoms. The number of nitrogens with one attached hydrogen (secondary N) is 2. The number of nitrogens with two attached hydrogens (primary N) is 1. The van der Waals surface area contributed by atoms with Crippen LogP contribution in [-0.2, 0) is 0 Å². The molecular weight excluding hydrogens is 282 g/mol. The van der Waals surface area contributed by atoms with Gasteiger partial charge in [0.15, 0.2) is 11.4 Å². The van der Waals surface area contributed by atoms with Gasteiger partial charge >= 0.3 is 0 Å². The first-order valence-electron chi connectivity index (χ1n) is 7.34. The van der Waals surface area contributed by atoms with E-state index in [4.69, 9.17) is 10.2 Å². The first kappa shape index (κ1) is 13.1. The van der Waals surface area contributed by atoms with Crippen molar-refractivity contribution in [2.75, 3.05) is 24.1 Å². The molecule has 3 aromatic heterocycles. The second-order valence-corrected chi connectivity index (χ2v) is 5.36. The Hall–Kier alpha value is -2.61. The van der Waals surface area contributed by atoms with Crippen molar-refractivity contribution in [3.05, 3.63) is 24.5 Å². The summed E-state index contributed by atoms with van der Waals surface area (Å²) in [4.78, 5) is 8.76. The van der Waals surface area contributed by atoms with Gasteiger partial charge in [-0.1, -0.05) is 0 Å². The maximum Gasteiger partial charge on any atom is 0.225 e. The van der Waals surface area contributed by atoms with Gasteiger partial charge in [-0.05, 0) is 31.5 Å². The second-order valence-electron chi connectivity index (χ2n) is 5.36. The number of furan rings is 1. The fourth-order valence-electron chi connectivity index (χ4n) is 2.67. The molecule has 0 bridgehead atoms. The average molecular weight is 299 g/mol. The predicted molar refractivity (Wildman–Crippen MR) is 82.4 cm³/mol. The van der Waals surface area contributed by atoms with E-state index in [1.54, 1.807) is 12.3 Å². The molecule has 8 nitrogen and oxygen atoms in total. The zero-order chi connectivity index (χ0) is 14.9. The van der Waals surface area contributed by atoms with Gasteiger partial charge in [0.1, 0.15) is 5.82 Å². The number of rotatable bonds is 4. The summed E-state index contributed by atoms with van der Waals surface area (Å²) >= 11 is 0. The first-order valence-corrected chi connectivity index (χ1v) is 7.34. The lowest BCUT2D eigenvalue weighted by atomic mass is 10.2. The van der Waals surface area contributed by atoms with E-state index in [0.29, 0.717) is 35.0 Å². The van der Waals surface area contributed by atoms with Gasteiger partial charge < -0.3 is 20.8 Å². The molecule has 0 saturated carbocycles. The van der Waals surface area contributed by atoms with Crippen molar-refractivity contribution in [3.8, 4) is 11.6 Å². The third-order valence-electron chi connectivity index (χ3n) is 3.78. The van der Waals surface area contributed by atoms with Gasteiger partial charge in [-0.15, -0.1) is 5.10 Å². The molecular formula is C14H17N7O. The van der Waals surface area contributed by atoms with E-state index in [2.05, 4.69) is 25.7 Å². The van der Waals surface area contributed by atoms with Gasteiger partial charge in [0, 0.05) is 18.7 Å². The minimum absolute atomic E-state index is 0.296. The molecule has 3 aromatic rings. The number of nitrogen functional groups attached to an aromatic ring is 1. The summed E-state index contributed by atoms with van der Waals surface area (Å²) in [7, 11) is 0. The largest absolute Gasteiger partial charge is 0.461 e. The standard InChI is InChI=1S/C14H17N7O/c15-14-18-11(17-8-9-3-1-5-16-9)7-12-19-13(20-21(12)14)10-4-2-6-22-10/h2,4,6-7,9,16-17H,1,3,5,8H2,(H2,15,18). The zero-order valence-electron chi connectivity index (χ0n) is 12.0. The van der Waals surface area contributed by atoms with Gasteiger partial charge in [-0.25, -0.2) is 4.98 Å². The smallest absolute Gasteiger partial charge is 0.225 e. The van der Waals surface area contributed by atoms with Crippen LogP contribution in [0.5, 0.6) is 0 Å². The SMILES string of the molecule is Nc1nc(NCC2CCCN2)cc2nc(-c3ccco3)nn12. The molecule has 0 aliphatic carbocycles. The molecule has 1 fully saturated rings. The number of hydrogen-bond acceptors (Lipinski definition) is 7. The zero-order valence-corrected chi connectivity index (χ0v) is 12.0. The van der Waals surface area contributed by atoms with E-state index in [1.807, 2.05) is 12.1 Å². The average Bonchev–Trinajstić information content (AvgIpc) is 3.25. The van der Waals surface area contributed by atoms with Crippen molar-refractivity contribution in [2.24, 2.45) is 0 Å². The highest BCUT2D eigenvalue weighted by molar-refractivity contribution is 5.58. The van der Waals surface area contributed by atoms with Crippen molar-refractivity contribution in [1.82, 2.24) is 24.9 Å². The van der Waals surface area contributed by atoms with E-state index in [-0.39, 0.29) is 0 Å². The summed E-state index contributed by atoms with van der Waals surface area (Å²) in [6.07, 6.45) is 3.99. The molecule has 1 saturated heterocycles. The van der Waals surface area contributed by atoms with Gasteiger partial charge in [0.05, 0.1) is 6.26 Å². The van der Waals surface area contributed by atoms with Crippen LogP contribution in [0.3, 0.4) is 0 Å². The highest BCUT2D eigenvalue weighted by Crippen LogP contribution is 2.19. The number of aromatic nitrogens is 4. The van der Waals surface area contributed by atoms with Crippen LogP contribution >= 0.6 is 0 Å². The van der Waals surface area contributed by atoms with Crippen LogP contribution in [-0.4, -0.2) is 38.7 Å². The molecule has 0 spiro atoms. The van der Waals surface area contributed by atoms with E-state index in [0.717, 1.165) is 13.1 Å². The van der Waals surface area contributed by atoms with Gasteiger partial charge in [0.2, 0.25) is 11.8 Å². The maximum atomic E-state index is 5.97. The van der Waals surface area contributed by atoms with Crippen LogP contribution in [0.15, 0.2) is 28.9 Å². The van der Waals surface area contributed by atoms with Gasteiger partial charge in [0.25, 0.3) is 0 Å². The number of nitrogens with zero attached hydrogens (tertiary/aromatic N) is 4. The topological polar surface area (TPSA) is 106 Å². The fraction of sp³-hybridized carbons (Fsp3) is 0.357. The van der Waals surface area contributed by atoms with Crippen LogP contribution in [0, 0.1) is 0 Å². The normalized spacial score (nSPS) is 18.1. The Bertz CT molecular complexity index is 774. The van der Waals surface area contributed by atoms with Crippen molar-refractivity contribution in [2.45, 2.75) is 18.9 Å². The lowest BCUT2D eigenvalue weighted by Crippen LogP contribution is -2.29. The third kappa shape index (κ3) is 2.37. The summed E-state index contributed by atoms with van der Waals surface area (Å²) < 4.78 is 6.82. The van der Waals surface area contributed by atoms with Crippen LogP contribution in [0.4, 0.5) is 11.8 Å². The number of anilines is 2. The first-order chi connectivity index (χ1) is 10.8. The van der Waals surface area contributed by atoms with Crippen molar-refractivity contribution >= 4 is 17.4 Å². The Kier molecular flexibility index (Phi) is 3.15. The molecule has 1 aliphatic rings. The Morgan fingerprint density at radius 2 is 2.41 bits per heavy atom. The van der Waals surface area contributed by atoms with E-state index in [9.17, 15) is 0 Å². The minimum atomic E-state index is 0.296. The molecule has 1 unspecified atom stereocenters. The summed E-state index contributed by atoms with van der Waals surface area (Å²) in [5, 5.41) is 11.1. The van der Waals surface area contributed by atoms with Crippen molar-refractivity contribution < 1.29 is 4.42 Å². The lowest BCUT2D eigenvalue weighted by molar-refractivity contribution is 0.577. The summed E-state index contributed by atoms with van der Waals surface area (Å²) in [5.74, 6) is 2.10. The van der Waals surface area contributed by atoms with Gasteiger partial charge in [-0.3, -0.25) is 0 Å². The number of hydrogen-bond donors (Lipinski definition) is 3. The molecule has 0 amide bonds. The molecule has 1 atom stereocenters. The van der Waals surface area contributed by atoms with E-state index >= 15 is 0 Å². The second kappa shape index (κ2) is 5.30. The molecule has 114 valence electrons. The third-order valence-corrected chi connectivity index (χ3v) is 3.78. The van der Waals surface area contributed by atoms with Crippen molar-refractivity contribution in [3.63, 3.8) is 0 Å². The summed E-state index contributed by atoms with van der Waals surface area (Å²) in [6, 6.07) is 5.92. The van der Waals surface area contributed by atoms with Crippen LogP contribution < -0.4 is 16.4 Å². The maximum absolute atomic E-state index is 5.97. The quantitative estimate of drug-likeness (QED) is 0.663. The number of fused-ring (bicyclic) bond motifs is 1. The van der Waals surface area contributed by atoms with Gasteiger partial charge in [-0.2, -0.15) is 9.50 Å².